The molecule has 0 spiro atoms. The Balaban J connectivity index is 2.52. The summed E-state index contributed by atoms with van der Waals surface area (Å²) in [5.74, 6) is -3.33. The molecule has 2 aromatic carbocycles. The normalized spacial score (nSPS) is 12.9. The molecular weight excluding hydrogens is 262 g/mol. The number of carbonyl (C=O) groups is 1. The van der Waals surface area contributed by atoms with Gasteiger partial charge in [-0.25, -0.2) is 8.78 Å². The molecule has 0 saturated carbocycles. The Bertz CT molecular complexity index is 599. The molecule has 2 nitrogen and oxygen atoms in total. The van der Waals surface area contributed by atoms with E-state index in [0.717, 1.165) is 5.39 Å². The quantitative estimate of drug-likeness (QED) is 0.918. The number of alkyl halides is 2. The van der Waals surface area contributed by atoms with Crippen LogP contribution in [0.4, 0.5) is 8.78 Å². The van der Waals surface area contributed by atoms with Crippen molar-refractivity contribution in [1.29, 1.82) is 0 Å². The third-order valence-electron chi connectivity index (χ3n) is 2.70. The minimum Gasteiger partial charge on any atom is -0.481 e. The lowest BCUT2D eigenvalue weighted by atomic mass is 9.97. The lowest BCUT2D eigenvalue weighted by Crippen LogP contribution is -2.19. The van der Waals surface area contributed by atoms with Gasteiger partial charge in [0.25, 0.3) is 6.43 Å². The van der Waals surface area contributed by atoms with Crippen LogP contribution >= 0.6 is 11.6 Å². The van der Waals surface area contributed by atoms with Gasteiger partial charge in [-0.05, 0) is 28.5 Å². The highest BCUT2D eigenvalue weighted by atomic mass is 35.5. The fourth-order valence-electron chi connectivity index (χ4n) is 1.82. The second-order valence-electron chi connectivity index (χ2n) is 3.90. The molecule has 1 N–H and O–H groups in total. The van der Waals surface area contributed by atoms with Crippen molar-refractivity contribution in [1.82, 2.24) is 0 Å². The highest BCUT2D eigenvalue weighted by Crippen LogP contribution is 2.28. The molecule has 0 aromatic heterocycles. The molecule has 2 rings (SSSR count). The van der Waals surface area contributed by atoms with Crippen molar-refractivity contribution in [3.8, 4) is 0 Å². The van der Waals surface area contributed by atoms with Crippen LogP contribution in [0.5, 0.6) is 0 Å². The number of hydrogen-bond acceptors (Lipinski definition) is 1. The summed E-state index contributed by atoms with van der Waals surface area (Å²) in [4.78, 5) is 10.8. The molecule has 18 heavy (non-hydrogen) atoms. The molecule has 0 fully saturated rings. The van der Waals surface area contributed by atoms with Gasteiger partial charge in [-0.1, -0.05) is 35.9 Å². The van der Waals surface area contributed by atoms with Crippen LogP contribution in [-0.4, -0.2) is 17.5 Å². The van der Waals surface area contributed by atoms with E-state index in [1.807, 2.05) is 0 Å². The van der Waals surface area contributed by atoms with Gasteiger partial charge in [0.2, 0.25) is 0 Å². The smallest absolute Gasteiger partial charge is 0.316 e. The summed E-state index contributed by atoms with van der Waals surface area (Å²) in [6.07, 6.45) is -2.94. The van der Waals surface area contributed by atoms with E-state index in [2.05, 4.69) is 0 Å². The summed E-state index contributed by atoms with van der Waals surface area (Å²) in [6, 6.07) is 9.44. The fourth-order valence-corrected chi connectivity index (χ4v) is 2.00. The van der Waals surface area contributed by atoms with Crippen LogP contribution in [0.25, 0.3) is 10.8 Å². The van der Waals surface area contributed by atoms with E-state index in [1.54, 1.807) is 24.3 Å². The number of halogens is 3. The summed E-state index contributed by atoms with van der Waals surface area (Å²) in [5.41, 5.74) is 0.0901. The first-order chi connectivity index (χ1) is 8.49. The second-order valence-corrected chi connectivity index (χ2v) is 4.34. The maximum absolute atomic E-state index is 12.7. The second kappa shape index (κ2) is 4.90. The van der Waals surface area contributed by atoms with E-state index >= 15 is 0 Å². The summed E-state index contributed by atoms with van der Waals surface area (Å²) in [7, 11) is 0. The molecule has 1 unspecified atom stereocenters. The van der Waals surface area contributed by atoms with Gasteiger partial charge in [0.05, 0.1) is 0 Å². The maximum Gasteiger partial charge on any atom is 0.316 e. The Morgan fingerprint density at radius 2 is 1.72 bits per heavy atom. The third kappa shape index (κ3) is 2.43. The van der Waals surface area contributed by atoms with Gasteiger partial charge in [-0.15, -0.1) is 0 Å². The molecule has 5 heteroatoms. The van der Waals surface area contributed by atoms with Gasteiger partial charge < -0.3 is 5.11 Å². The van der Waals surface area contributed by atoms with Crippen molar-refractivity contribution in [2.24, 2.45) is 0 Å². The van der Waals surface area contributed by atoms with Gasteiger partial charge in [0.1, 0.15) is 5.92 Å². The van der Waals surface area contributed by atoms with Crippen LogP contribution < -0.4 is 0 Å². The van der Waals surface area contributed by atoms with E-state index < -0.39 is 18.3 Å². The Kier molecular flexibility index (Phi) is 3.48. The molecule has 0 aliphatic carbocycles. The number of fused-ring (bicyclic) bond motifs is 1. The number of benzene rings is 2. The lowest BCUT2D eigenvalue weighted by molar-refractivity contribution is -0.142. The lowest BCUT2D eigenvalue weighted by Gasteiger charge is -2.12. The highest BCUT2D eigenvalue weighted by Gasteiger charge is 2.29. The SMILES string of the molecule is O=C(O)C(c1ccc2cc(Cl)ccc2c1)C(F)F. The summed E-state index contributed by atoms with van der Waals surface area (Å²) >= 11 is 5.81. The summed E-state index contributed by atoms with van der Waals surface area (Å²) < 4.78 is 25.4. The number of carboxylic acid groups (broad SMARTS) is 1. The zero-order chi connectivity index (χ0) is 13.3. The Morgan fingerprint density at radius 1 is 1.11 bits per heavy atom. The number of carboxylic acids is 1. The summed E-state index contributed by atoms with van der Waals surface area (Å²) in [6.45, 7) is 0. The van der Waals surface area contributed by atoms with Gasteiger partial charge in [-0.2, -0.15) is 0 Å². The van der Waals surface area contributed by atoms with Crippen molar-refractivity contribution in [2.75, 3.05) is 0 Å². The molecular formula is C13H9ClF2O2. The minimum absolute atomic E-state index is 0.0901. The van der Waals surface area contributed by atoms with Crippen molar-refractivity contribution in [3.05, 3.63) is 47.0 Å². The van der Waals surface area contributed by atoms with E-state index in [0.29, 0.717) is 10.4 Å². The van der Waals surface area contributed by atoms with Crippen molar-refractivity contribution in [2.45, 2.75) is 12.3 Å². The fraction of sp³-hybridized carbons (Fsp3) is 0.154. The molecule has 0 radical (unpaired) electrons. The first-order valence-electron chi connectivity index (χ1n) is 5.19. The predicted octanol–water partition coefficient (Wildman–Crippen LogP) is 3.93. The molecule has 2 aromatic rings. The van der Waals surface area contributed by atoms with Crippen LogP contribution in [0, 0.1) is 0 Å². The Morgan fingerprint density at radius 3 is 2.33 bits per heavy atom. The van der Waals surface area contributed by atoms with Crippen LogP contribution in [-0.2, 0) is 4.79 Å². The Labute approximate surface area is 107 Å². The van der Waals surface area contributed by atoms with Crippen LogP contribution in [0.3, 0.4) is 0 Å². The highest BCUT2D eigenvalue weighted by molar-refractivity contribution is 6.31. The molecule has 0 saturated heterocycles. The van der Waals surface area contributed by atoms with Crippen molar-refractivity contribution < 1.29 is 18.7 Å². The minimum atomic E-state index is -2.94. The van der Waals surface area contributed by atoms with Gasteiger partial charge in [0.15, 0.2) is 0 Å². The van der Waals surface area contributed by atoms with Gasteiger partial charge >= 0.3 is 5.97 Å². The predicted molar refractivity (Wildman–Crippen MR) is 65.3 cm³/mol. The molecule has 0 aliphatic heterocycles. The van der Waals surface area contributed by atoms with Crippen molar-refractivity contribution >= 4 is 28.3 Å². The first kappa shape index (κ1) is 12.8. The first-order valence-corrected chi connectivity index (χ1v) is 5.57. The largest absolute Gasteiger partial charge is 0.481 e. The average molecular weight is 271 g/mol. The number of aliphatic carboxylic acids is 1. The molecule has 0 heterocycles. The van der Waals surface area contributed by atoms with E-state index in [-0.39, 0.29) is 5.56 Å². The van der Waals surface area contributed by atoms with E-state index in [9.17, 15) is 13.6 Å². The van der Waals surface area contributed by atoms with E-state index in [4.69, 9.17) is 16.7 Å². The molecule has 0 bridgehead atoms. The monoisotopic (exact) mass is 270 g/mol. The van der Waals surface area contributed by atoms with Gasteiger partial charge in [-0.3, -0.25) is 4.79 Å². The molecule has 94 valence electrons. The van der Waals surface area contributed by atoms with Crippen LogP contribution in [0.2, 0.25) is 5.02 Å². The third-order valence-corrected chi connectivity index (χ3v) is 2.94. The maximum atomic E-state index is 12.7. The number of rotatable bonds is 3. The molecule has 0 amide bonds. The molecule has 0 aliphatic rings. The summed E-state index contributed by atoms with van der Waals surface area (Å²) in [5, 5.41) is 10.8. The zero-order valence-electron chi connectivity index (χ0n) is 9.11. The van der Waals surface area contributed by atoms with E-state index in [1.165, 1.54) is 12.1 Å². The number of hydrogen-bond donors (Lipinski definition) is 1. The standard InChI is InChI=1S/C13H9ClF2O2/c14-10-4-3-7-5-9(2-1-8(7)6-10)11(12(15)16)13(17)18/h1-6,11-12H,(H,17,18). The zero-order valence-corrected chi connectivity index (χ0v) is 9.86. The van der Waals surface area contributed by atoms with Crippen LogP contribution in [0.15, 0.2) is 36.4 Å². The molecule has 1 atom stereocenters. The van der Waals surface area contributed by atoms with Crippen LogP contribution in [0.1, 0.15) is 11.5 Å². The topological polar surface area (TPSA) is 37.3 Å². The Hall–Kier alpha value is -1.68. The van der Waals surface area contributed by atoms with Crippen molar-refractivity contribution in [3.63, 3.8) is 0 Å². The average Bonchev–Trinajstić information content (AvgIpc) is 2.28. The van der Waals surface area contributed by atoms with Gasteiger partial charge in [0, 0.05) is 5.02 Å².